The number of carbonyl (C=O) groups excluding carboxylic acids is 1. The number of hydrogen-bond donors (Lipinski definition) is 0. The van der Waals surface area contributed by atoms with Crippen LogP contribution < -0.4 is 4.74 Å². The molecule has 0 atom stereocenters. The highest BCUT2D eigenvalue weighted by molar-refractivity contribution is 5.90. The standard InChI is InChI=1S/C22H16O2/c23-22(15-19-10-5-9-17-7-3-4-11-21(17)19)24-20-13-12-16-6-1-2-8-18(16)14-20/h1-14H,15H2. The number of hydrogen-bond acceptors (Lipinski definition) is 2. The van der Waals surface area contributed by atoms with E-state index in [1.165, 1.54) is 0 Å². The van der Waals surface area contributed by atoms with Crippen molar-refractivity contribution in [2.45, 2.75) is 6.42 Å². The molecule has 2 nitrogen and oxygen atoms in total. The lowest BCUT2D eigenvalue weighted by molar-refractivity contribution is -0.133. The van der Waals surface area contributed by atoms with Gasteiger partial charge in [-0.1, -0.05) is 72.8 Å². The maximum atomic E-state index is 12.3. The fraction of sp³-hybridized carbons (Fsp3) is 0.0455. The Balaban J connectivity index is 1.57. The van der Waals surface area contributed by atoms with Crippen molar-refractivity contribution in [3.8, 4) is 5.75 Å². The molecule has 0 aliphatic heterocycles. The third-order valence-corrected chi connectivity index (χ3v) is 4.17. The van der Waals surface area contributed by atoms with Gasteiger partial charge in [-0.25, -0.2) is 0 Å². The highest BCUT2D eigenvalue weighted by Crippen LogP contribution is 2.22. The molecule has 0 aliphatic rings. The predicted octanol–water partition coefficient (Wildman–Crippen LogP) is 5.14. The van der Waals surface area contributed by atoms with Crippen LogP contribution in [-0.2, 0) is 11.2 Å². The van der Waals surface area contributed by atoms with Crippen LogP contribution in [0.15, 0.2) is 84.9 Å². The summed E-state index contributed by atoms with van der Waals surface area (Å²) in [5, 5.41) is 4.42. The minimum Gasteiger partial charge on any atom is -0.426 e. The van der Waals surface area contributed by atoms with Gasteiger partial charge in [-0.2, -0.15) is 0 Å². The number of rotatable bonds is 3. The Hall–Kier alpha value is -3.13. The molecule has 0 N–H and O–H groups in total. The fourth-order valence-corrected chi connectivity index (χ4v) is 3.00. The predicted molar refractivity (Wildman–Crippen MR) is 97.2 cm³/mol. The molecule has 0 bridgehead atoms. The normalized spacial score (nSPS) is 10.8. The second-order valence-electron chi connectivity index (χ2n) is 5.80. The van der Waals surface area contributed by atoms with Crippen LogP contribution in [0, 0.1) is 0 Å². The molecular formula is C22H16O2. The molecule has 0 amide bonds. The molecule has 4 aromatic rings. The van der Waals surface area contributed by atoms with E-state index in [-0.39, 0.29) is 12.4 Å². The molecular weight excluding hydrogens is 296 g/mol. The van der Waals surface area contributed by atoms with E-state index in [0.29, 0.717) is 5.75 Å². The lowest BCUT2D eigenvalue weighted by Crippen LogP contribution is -2.11. The summed E-state index contributed by atoms with van der Waals surface area (Å²) >= 11 is 0. The quantitative estimate of drug-likeness (QED) is 0.387. The lowest BCUT2D eigenvalue weighted by atomic mass is 10.0. The highest BCUT2D eigenvalue weighted by Gasteiger charge is 2.09. The first kappa shape index (κ1) is 14.5. The van der Waals surface area contributed by atoms with E-state index >= 15 is 0 Å². The van der Waals surface area contributed by atoms with Gasteiger partial charge >= 0.3 is 5.97 Å². The van der Waals surface area contributed by atoms with Crippen molar-refractivity contribution in [1.82, 2.24) is 0 Å². The average molecular weight is 312 g/mol. The first-order chi connectivity index (χ1) is 11.8. The summed E-state index contributed by atoms with van der Waals surface area (Å²) in [7, 11) is 0. The summed E-state index contributed by atoms with van der Waals surface area (Å²) in [5.74, 6) is 0.334. The summed E-state index contributed by atoms with van der Waals surface area (Å²) < 4.78 is 5.54. The van der Waals surface area contributed by atoms with E-state index < -0.39 is 0 Å². The third-order valence-electron chi connectivity index (χ3n) is 4.17. The highest BCUT2D eigenvalue weighted by atomic mass is 16.5. The van der Waals surface area contributed by atoms with Gasteiger partial charge in [-0.15, -0.1) is 0 Å². The second kappa shape index (κ2) is 6.17. The lowest BCUT2D eigenvalue weighted by Gasteiger charge is -2.08. The van der Waals surface area contributed by atoms with Crippen molar-refractivity contribution < 1.29 is 9.53 Å². The summed E-state index contributed by atoms with van der Waals surface area (Å²) in [6.07, 6.45) is 0.258. The number of esters is 1. The molecule has 0 radical (unpaired) electrons. The molecule has 0 saturated carbocycles. The van der Waals surface area contributed by atoms with Crippen LogP contribution in [0.2, 0.25) is 0 Å². The Labute approximate surface area is 140 Å². The Morgan fingerprint density at radius 1 is 0.708 bits per heavy atom. The van der Waals surface area contributed by atoms with E-state index in [4.69, 9.17) is 4.74 Å². The maximum absolute atomic E-state index is 12.3. The zero-order valence-electron chi connectivity index (χ0n) is 13.1. The van der Waals surface area contributed by atoms with Gasteiger partial charge in [0.15, 0.2) is 0 Å². The van der Waals surface area contributed by atoms with E-state index in [1.54, 1.807) is 0 Å². The first-order valence-electron chi connectivity index (χ1n) is 7.96. The number of benzene rings is 4. The molecule has 0 spiro atoms. The Morgan fingerprint density at radius 3 is 2.29 bits per heavy atom. The van der Waals surface area contributed by atoms with Crippen LogP contribution in [0.1, 0.15) is 5.56 Å². The minimum absolute atomic E-state index is 0.248. The Kier molecular flexibility index (Phi) is 3.72. The molecule has 0 saturated heterocycles. The van der Waals surface area contributed by atoms with Gasteiger partial charge in [0.2, 0.25) is 0 Å². The first-order valence-corrected chi connectivity index (χ1v) is 7.96. The Morgan fingerprint density at radius 2 is 1.42 bits per heavy atom. The van der Waals surface area contributed by atoms with Gasteiger partial charge in [0, 0.05) is 0 Å². The maximum Gasteiger partial charge on any atom is 0.315 e. The molecule has 0 unspecified atom stereocenters. The van der Waals surface area contributed by atoms with Crippen molar-refractivity contribution >= 4 is 27.5 Å². The molecule has 116 valence electrons. The van der Waals surface area contributed by atoms with Crippen molar-refractivity contribution in [3.63, 3.8) is 0 Å². The second-order valence-corrected chi connectivity index (χ2v) is 5.80. The average Bonchev–Trinajstić information content (AvgIpc) is 2.62. The Bertz CT molecular complexity index is 1030. The molecule has 2 heteroatoms. The van der Waals surface area contributed by atoms with Gasteiger partial charge in [0.05, 0.1) is 6.42 Å². The van der Waals surface area contributed by atoms with Crippen LogP contribution in [0.3, 0.4) is 0 Å². The topological polar surface area (TPSA) is 26.3 Å². The van der Waals surface area contributed by atoms with E-state index in [1.807, 2.05) is 84.9 Å². The van der Waals surface area contributed by atoms with E-state index in [9.17, 15) is 4.79 Å². The van der Waals surface area contributed by atoms with Crippen LogP contribution in [0.5, 0.6) is 5.75 Å². The fourth-order valence-electron chi connectivity index (χ4n) is 3.00. The molecule has 0 heterocycles. The monoisotopic (exact) mass is 312 g/mol. The van der Waals surface area contributed by atoms with Gasteiger partial charge in [-0.3, -0.25) is 4.79 Å². The molecule has 4 aromatic carbocycles. The largest absolute Gasteiger partial charge is 0.426 e. The molecule has 0 fully saturated rings. The SMILES string of the molecule is O=C(Cc1cccc2ccccc12)Oc1ccc2ccccc2c1. The van der Waals surface area contributed by atoms with Crippen LogP contribution in [0.4, 0.5) is 0 Å². The number of carbonyl (C=O) groups is 1. The smallest absolute Gasteiger partial charge is 0.315 e. The van der Waals surface area contributed by atoms with Crippen LogP contribution >= 0.6 is 0 Å². The molecule has 0 aliphatic carbocycles. The summed E-state index contributed by atoms with van der Waals surface area (Å²) in [5.41, 5.74) is 0.985. The van der Waals surface area contributed by atoms with Gasteiger partial charge < -0.3 is 4.74 Å². The summed E-state index contributed by atoms with van der Waals surface area (Å²) in [6.45, 7) is 0. The summed E-state index contributed by atoms with van der Waals surface area (Å²) in [4.78, 5) is 12.3. The van der Waals surface area contributed by atoms with Gasteiger partial charge in [0.25, 0.3) is 0 Å². The van der Waals surface area contributed by atoms with Gasteiger partial charge in [0.1, 0.15) is 5.75 Å². The molecule has 24 heavy (non-hydrogen) atoms. The van der Waals surface area contributed by atoms with E-state index in [2.05, 4.69) is 0 Å². The number of fused-ring (bicyclic) bond motifs is 2. The third kappa shape index (κ3) is 2.86. The van der Waals surface area contributed by atoms with Crippen molar-refractivity contribution in [3.05, 3.63) is 90.5 Å². The number of ether oxygens (including phenoxy) is 1. The van der Waals surface area contributed by atoms with Gasteiger partial charge in [-0.05, 0) is 39.2 Å². The van der Waals surface area contributed by atoms with Crippen LogP contribution in [-0.4, -0.2) is 5.97 Å². The van der Waals surface area contributed by atoms with Crippen LogP contribution in [0.25, 0.3) is 21.5 Å². The van der Waals surface area contributed by atoms with Crippen molar-refractivity contribution in [2.75, 3.05) is 0 Å². The van der Waals surface area contributed by atoms with E-state index in [0.717, 1.165) is 27.1 Å². The van der Waals surface area contributed by atoms with Crippen molar-refractivity contribution in [2.24, 2.45) is 0 Å². The summed E-state index contributed by atoms with van der Waals surface area (Å²) in [6, 6.07) is 27.8. The molecule has 0 aromatic heterocycles. The molecule has 4 rings (SSSR count). The zero-order valence-corrected chi connectivity index (χ0v) is 13.1. The van der Waals surface area contributed by atoms with Crippen molar-refractivity contribution in [1.29, 1.82) is 0 Å². The minimum atomic E-state index is -0.248. The zero-order chi connectivity index (χ0) is 16.4.